The van der Waals surface area contributed by atoms with E-state index in [0.29, 0.717) is 24.2 Å². The Labute approximate surface area is 268 Å². The van der Waals surface area contributed by atoms with E-state index in [1.807, 2.05) is 117 Å². The zero-order valence-electron chi connectivity index (χ0n) is 25.9. The van der Waals surface area contributed by atoms with Crippen LogP contribution < -0.4 is 5.32 Å². The highest BCUT2D eigenvalue weighted by Gasteiger charge is 2.34. The van der Waals surface area contributed by atoms with Crippen LogP contribution in [-0.2, 0) is 16.1 Å². The van der Waals surface area contributed by atoms with Gasteiger partial charge in [0, 0.05) is 30.3 Å². The van der Waals surface area contributed by atoms with Crippen LogP contribution in [0.15, 0.2) is 109 Å². The van der Waals surface area contributed by atoms with Crippen molar-refractivity contribution in [2.45, 2.75) is 50.6 Å². The molecule has 1 aliphatic rings. The first-order valence-corrected chi connectivity index (χ1v) is 15.4. The number of carbonyl (C=O) groups excluding carboxylic acids is 1. The second-order valence-electron chi connectivity index (χ2n) is 11.7. The van der Waals surface area contributed by atoms with Gasteiger partial charge < -0.3 is 25.0 Å². The molecule has 1 aromatic heterocycles. The van der Waals surface area contributed by atoms with Crippen LogP contribution in [0.25, 0.3) is 11.0 Å². The summed E-state index contributed by atoms with van der Waals surface area (Å²) in [4.78, 5) is 23.8. The lowest BCUT2D eigenvalue weighted by Gasteiger charge is -2.39. The topological polar surface area (TPSA) is 117 Å². The number of hydrogen-bond acceptors (Lipinski definition) is 8. The lowest BCUT2D eigenvalue weighted by molar-refractivity contribution is -0.253. The average Bonchev–Trinajstić information content (AvgIpc) is 3.11. The number of carbonyl (C=O) groups is 1. The lowest BCUT2D eigenvalue weighted by atomic mass is 9.98. The van der Waals surface area contributed by atoms with E-state index >= 15 is 0 Å². The number of aromatic nitrogens is 2. The molecule has 0 bridgehead atoms. The number of anilines is 1. The molecular weight excluding hydrogens is 580 g/mol. The highest BCUT2D eigenvalue weighted by atomic mass is 16.7. The molecule has 1 aliphatic heterocycles. The first-order chi connectivity index (χ1) is 22.4. The number of hydrogen-bond donors (Lipinski definition) is 3. The molecule has 0 saturated carbocycles. The van der Waals surface area contributed by atoms with Crippen LogP contribution in [0.4, 0.5) is 5.69 Å². The fraction of sp³-hybridized carbons (Fsp3) is 0.270. The molecule has 46 heavy (non-hydrogen) atoms. The van der Waals surface area contributed by atoms with E-state index in [1.54, 1.807) is 0 Å². The van der Waals surface area contributed by atoms with Crippen molar-refractivity contribution < 1.29 is 24.5 Å². The van der Waals surface area contributed by atoms with Crippen molar-refractivity contribution in [1.29, 1.82) is 0 Å². The van der Waals surface area contributed by atoms with Crippen LogP contribution in [0.3, 0.4) is 0 Å². The summed E-state index contributed by atoms with van der Waals surface area (Å²) in [6.45, 7) is 2.57. The summed E-state index contributed by atoms with van der Waals surface area (Å²) in [5.41, 5.74) is 5.73. The Hall–Kier alpha value is -4.51. The summed E-state index contributed by atoms with van der Waals surface area (Å²) in [7, 11) is 1.99. The van der Waals surface area contributed by atoms with E-state index < -0.39 is 12.4 Å². The molecule has 4 aromatic carbocycles. The summed E-state index contributed by atoms with van der Waals surface area (Å²) in [5, 5.41) is 23.5. The third-order valence-corrected chi connectivity index (χ3v) is 8.52. The average molecular weight is 619 g/mol. The SMILES string of the molecule is C[C@@H]([C@H](O)c1ccccc1)N(C)C[C@H]1C[C@@H](c2ccc(CO)cc2)O[C@@H](c2ccc(NC(=O)c3cnc4ccccc4n3)cc2)O1. The molecule has 5 atom stereocenters. The number of para-hydroxylation sites is 2. The summed E-state index contributed by atoms with van der Waals surface area (Å²) < 4.78 is 13.0. The van der Waals surface area contributed by atoms with Crippen molar-refractivity contribution in [2.75, 3.05) is 18.9 Å². The fourth-order valence-corrected chi connectivity index (χ4v) is 5.68. The highest BCUT2D eigenvalue weighted by Crippen LogP contribution is 2.38. The molecule has 0 radical (unpaired) electrons. The molecule has 6 rings (SSSR count). The molecule has 1 saturated heterocycles. The van der Waals surface area contributed by atoms with Crippen molar-refractivity contribution in [3.8, 4) is 0 Å². The lowest BCUT2D eigenvalue weighted by Crippen LogP contribution is -2.43. The monoisotopic (exact) mass is 618 g/mol. The minimum atomic E-state index is -0.653. The van der Waals surface area contributed by atoms with Gasteiger partial charge in [-0.3, -0.25) is 14.7 Å². The zero-order valence-corrected chi connectivity index (χ0v) is 25.9. The van der Waals surface area contributed by atoms with Crippen LogP contribution in [0, 0.1) is 0 Å². The number of aliphatic hydroxyl groups excluding tert-OH is 2. The number of nitrogens with zero attached hydrogens (tertiary/aromatic N) is 3. The number of rotatable bonds is 10. The van der Waals surface area contributed by atoms with E-state index in [9.17, 15) is 15.0 Å². The molecule has 9 heteroatoms. The summed E-state index contributed by atoms with van der Waals surface area (Å²) >= 11 is 0. The fourth-order valence-electron chi connectivity index (χ4n) is 5.68. The van der Waals surface area contributed by atoms with Crippen molar-refractivity contribution in [3.05, 3.63) is 137 Å². The molecule has 5 aromatic rings. The Bertz CT molecular complexity index is 1750. The molecule has 236 valence electrons. The van der Waals surface area contributed by atoms with E-state index in [2.05, 4.69) is 20.2 Å². The van der Waals surface area contributed by atoms with Crippen LogP contribution in [0.2, 0.25) is 0 Å². The number of aliphatic hydroxyl groups is 2. The smallest absolute Gasteiger partial charge is 0.275 e. The first kappa shape index (κ1) is 31.5. The molecule has 9 nitrogen and oxygen atoms in total. The van der Waals surface area contributed by atoms with E-state index in [0.717, 1.165) is 27.8 Å². The van der Waals surface area contributed by atoms with Gasteiger partial charge in [-0.25, -0.2) is 4.98 Å². The summed E-state index contributed by atoms with van der Waals surface area (Å²) in [5.74, 6) is -0.350. The Kier molecular flexibility index (Phi) is 9.77. The Morgan fingerprint density at radius 1 is 0.913 bits per heavy atom. The number of benzene rings is 4. The van der Waals surface area contributed by atoms with Crippen molar-refractivity contribution >= 4 is 22.6 Å². The number of fused-ring (bicyclic) bond motifs is 1. The maximum absolute atomic E-state index is 12.9. The second kappa shape index (κ2) is 14.3. The predicted molar refractivity (Wildman–Crippen MR) is 176 cm³/mol. The van der Waals surface area contributed by atoms with Crippen LogP contribution >= 0.6 is 0 Å². The van der Waals surface area contributed by atoms with E-state index in [1.165, 1.54) is 6.20 Å². The van der Waals surface area contributed by atoms with E-state index in [4.69, 9.17) is 9.47 Å². The number of amides is 1. The largest absolute Gasteiger partial charge is 0.392 e. The molecule has 0 spiro atoms. The van der Waals surface area contributed by atoms with Gasteiger partial charge in [0.05, 0.1) is 42.1 Å². The maximum Gasteiger partial charge on any atom is 0.275 e. The number of nitrogens with one attached hydrogen (secondary N) is 1. The highest BCUT2D eigenvalue weighted by molar-refractivity contribution is 6.03. The molecule has 3 N–H and O–H groups in total. The Morgan fingerprint density at radius 3 is 2.30 bits per heavy atom. The standard InChI is InChI=1S/C37H38N4O5/c1-24(35(43)27-8-4-3-5-9-27)41(2)22-30-20-34(26-14-12-25(23-42)13-15-26)46-37(45-30)28-16-18-29(19-17-28)39-36(44)33-21-38-31-10-6-7-11-32(31)40-33/h3-19,21,24,30,34-35,37,42-43H,20,22-23H2,1-2H3,(H,39,44)/t24-,30+,34-,35-,37-/m0/s1. The van der Waals surface area contributed by atoms with Crippen LogP contribution in [-0.4, -0.2) is 56.7 Å². The summed E-state index contributed by atoms with van der Waals surface area (Å²) in [6, 6.07) is 32.1. The first-order valence-electron chi connectivity index (χ1n) is 15.4. The third kappa shape index (κ3) is 7.31. The van der Waals surface area contributed by atoms with E-state index in [-0.39, 0.29) is 36.5 Å². The van der Waals surface area contributed by atoms with Gasteiger partial charge in [0.25, 0.3) is 5.91 Å². The summed E-state index contributed by atoms with van der Waals surface area (Å²) in [6.07, 6.45) is 0.355. The van der Waals surface area contributed by atoms with Gasteiger partial charge in [-0.15, -0.1) is 0 Å². The molecule has 0 aliphatic carbocycles. The maximum atomic E-state index is 12.9. The molecule has 1 fully saturated rings. The zero-order chi connectivity index (χ0) is 32.0. The van der Waals surface area contributed by atoms with Crippen LogP contribution in [0.5, 0.6) is 0 Å². The molecular formula is C37H38N4O5. The van der Waals surface area contributed by atoms with Gasteiger partial charge >= 0.3 is 0 Å². The van der Waals surface area contributed by atoms with Gasteiger partial charge in [0.15, 0.2) is 6.29 Å². The number of likely N-dealkylation sites (N-methyl/N-ethyl adjacent to an activating group) is 1. The van der Waals surface area contributed by atoms with Gasteiger partial charge in [-0.2, -0.15) is 0 Å². The van der Waals surface area contributed by atoms with Crippen molar-refractivity contribution in [2.24, 2.45) is 0 Å². The normalized spacial score (nSPS) is 19.5. The van der Waals surface area contributed by atoms with Gasteiger partial charge in [0.2, 0.25) is 0 Å². The minimum absolute atomic E-state index is 0.0249. The van der Waals surface area contributed by atoms with Crippen LogP contribution in [0.1, 0.15) is 64.6 Å². The molecule has 0 unspecified atom stereocenters. The molecule has 2 heterocycles. The quantitative estimate of drug-likeness (QED) is 0.175. The number of ether oxygens (including phenoxy) is 2. The second-order valence-corrected chi connectivity index (χ2v) is 11.7. The molecule has 1 amide bonds. The van der Waals surface area contributed by atoms with Crippen molar-refractivity contribution in [3.63, 3.8) is 0 Å². The van der Waals surface area contributed by atoms with Crippen molar-refractivity contribution in [1.82, 2.24) is 14.9 Å². The van der Waals surface area contributed by atoms with Gasteiger partial charge in [0.1, 0.15) is 5.69 Å². The van der Waals surface area contributed by atoms with Gasteiger partial charge in [-0.1, -0.05) is 78.9 Å². The minimum Gasteiger partial charge on any atom is -0.392 e. The Morgan fingerprint density at radius 2 is 1.59 bits per heavy atom. The Balaban J connectivity index is 1.17. The predicted octanol–water partition coefficient (Wildman–Crippen LogP) is 5.97. The van der Waals surface area contributed by atoms with Gasteiger partial charge in [-0.05, 0) is 54.9 Å². The third-order valence-electron chi connectivity index (χ3n) is 8.52.